The second-order valence-corrected chi connectivity index (χ2v) is 4.67. The molecule has 1 aliphatic carbocycles. The predicted octanol–water partition coefficient (Wildman–Crippen LogP) is 2.06. The molecule has 4 nitrogen and oxygen atoms in total. The number of carbonyl (C=O) groups is 1. The van der Waals surface area contributed by atoms with Crippen LogP contribution >= 0.6 is 15.9 Å². The molecule has 1 aromatic heterocycles. The molecule has 1 aromatic rings. The molecule has 1 atom stereocenters. The maximum absolute atomic E-state index is 10.4. The highest BCUT2D eigenvalue weighted by Gasteiger charge is 2.29. The molecule has 5 heteroatoms. The number of hydrogen-bond donors (Lipinski definition) is 1. The molecule has 0 saturated heterocycles. The van der Waals surface area contributed by atoms with Gasteiger partial charge in [-0.2, -0.15) is 5.10 Å². The van der Waals surface area contributed by atoms with E-state index in [1.807, 2.05) is 0 Å². The average molecular weight is 273 g/mol. The standard InChI is InChI=1S/C10H13BrN2O2/c11-10-8(5-12-13-10)4-9(15-6-14)7-2-1-3-7/h5-7,9H,1-4H2,(H,12,13). The monoisotopic (exact) mass is 272 g/mol. The fourth-order valence-corrected chi connectivity index (χ4v) is 2.23. The van der Waals surface area contributed by atoms with Crippen LogP contribution in [0.25, 0.3) is 0 Å². The molecule has 2 rings (SSSR count). The second-order valence-electron chi connectivity index (χ2n) is 3.88. The van der Waals surface area contributed by atoms with Gasteiger partial charge in [-0.1, -0.05) is 6.42 Å². The molecule has 1 saturated carbocycles. The van der Waals surface area contributed by atoms with E-state index in [9.17, 15) is 4.79 Å². The normalized spacial score (nSPS) is 18.2. The van der Waals surface area contributed by atoms with Crippen molar-refractivity contribution in [1.29, 1.82) is 0 Å². The van der Waals surface area contributed by atoms with Gasteiger partial charge >= 0.3 is 0 Å². The van der Waals surface area contributed by atoms with E-state index in [4.69, 9.17) is 4.74 Å². The average Bonchev–Trinajstić information content (AvgIpc) is 2.49. The first-order chi connectivity index (χ1) is 7.31. The number of nitrogens with zero attached hydrogens (tertiary/aromatic N) is 1. The minimum Gasteiger partial charge on any atom is -0.464 e. The van der Waals surface area contributed by atoms with Gasteiger partial charge in [0.15, 0.2) is 0 Å². The van der Waals surface area contributed by atoms with E-state index in [1.54, 1.807) is 6.20 Å². The van der Waals surface area contributed by atoms with Crippen molar-refractivity contribution in [3.05, 3.63) is 16.4 Å². The van der Waals surface area contributed by atoms with E-state index in [-0.39, 0.29) is 6.10 Å². The van der Waals surface area contributed by atoms with E-state index in [0.29, 0.717) is 12.4 Å². The van der Waals surface area contributed by atoms with E-state index < -0.39 is 0 Å². The number of nitrogens with one attached hydrogen (secondary N) is 1. The summed E-state index contributed by atoms with van der Waals surface area (Å²) in [6.45, 7) is 0.553. The summed E-state index contributed by atoms with van der Waals surface area (Å²) in [5.41, 5.74) is 1.06. The van der Waals surface area contributed by atoms with E-state index in [0.717, 1.165) is 29.4 Å². The van der Waals surface area contributed by atoms with Crippen LogP contribution < -0.4 is 0 Å². The number of rotatable bonds is 5. The van der Waals surface area contributed by atoms with Crippen molar-refractivity contribution in [3.8, 4) is 0 Å². The number of aromatic amines is 1. The van der Waals surface area contributed by atoms with Crippen molar-refractivity contribution in [2.75, 3.05) is 0 Å². The highest BCUT2D eigenvalue weighted by molar-refractivity contribution is 9.10. The lowest BCUT2D eigenvalue weighted by molar-refractivity contribution is -0.137. The van der Waals surface area contributed by atoms with Gasteiger partial charge in [-0.25, -0.2) is 0 Å². The number of aromatic nitrogens is 2. The van der Waals surface area contributed by atoms with Crippen molar-refractivity contribution in [2.24, 2.45) is 5.92 Å². The molecule has 1 N–H and O–H groups in total. The fourth-order valence-electron chi connectivity index (χ4n) is 1.86. The Morgan fingerprint density at radius 2 is 2.53 bits per heavy atom. The Labute approximate surface area is 96.5 Å². The molecule has 1 fully saturated rings. The molecule has 0 aromatic carbocycles. The zero-order chi connectivity index (χ0) is 10.7. The largest absolute Gasteiger partial charge is 0.464 e. The molecule has 1 unspecified atom stereocenters. The third-order valence-electron chi connectivity index (χ3n) is 2.99. The first-order valence-electron chi connectivity index (χ1n) is 5.08. The number of H-pyrrole nitrogens is 1. The van der Waals surface area contributed by atoms with E-state index in [2.05, 4.69) is 26.1 Å². The van der Waals surface area contributed by atoms with Gasteiger partial charge in [0.1, 0.15) is 10.7 Å². The summed E-state index contributed by atoms with van der Waals surface area (Å²) < 4.78 is 6.01. The third kappa shape index (κ3) is 2.40. The van der Waals surface area contributed by atoms with Crippen molar-refractivity contribution in [1.82, 2.24) is 10.2 Å². The van der Waals surface area contributed by atoms with Gasteiger partial charge in [0.2, 0.25) is 0 Å². The molecular formula is C10H13BrN2O2. The van der Waals surface area contributed by atoms with Crippen LogP contribution in [0.1, 0.15) is 24.8 Å². The summed E-state index contributed by atoms with van der Waals surface area (Å²) in [4.78, 5) is 10.4. The SMILES string of the molecule is O=COC(Cc1cn[nH]c1Br)C1CCC1. The van der Waals surface area contributed by atoms with Crippen molar-refractivity contribution >= 4 is 22.4 Å². The topological polar surface area (TPSA) is 55.0 Å². The van der Waals surface area contributed by atoms with Crippen LogP contribution in [-0.2, 0) is 16.0 Å². The van der Waals surface area contributed by atoms with Gasteiger partial charge < -0.3 is 4.74 Å². The Morgan fingerprint density at radius 1 is 1.73 bits per heavy atom. The van der Waals surface area contributed by atoms with Crippen LogP contribution in [-0.4, -0.2) is 22.8 Å². The summed E-state index contributed by atoms with van der Waals surface area (Å²) in [5, 5.41) is 6.74. The first kappa shape index (κ1) is 10.7. The number of halogens is 1. The molecule has 0 radical (unpaired) electrons. The quantitative estimate of drug-likeness (QED) is 0.835. The summed E-state index contributed by atoms with van der Waals surface area (Å²) in [5.74, 6) is 0.525. The Balaban J connectivity index is 1.99. The number of ether oxygens (including phenoxy) is 1. The third-order valence-corrected chi connectivity index (χ3v) is 3.68. The Morgan fingerprint density at radius 3 is 3.00 bits per heavy atom. The molecule has 0 amide bonds. The summed E-state index contributed by atoms with van der Waals surface area (Å²) >= 11 is 3.37. The Bertz CT molecular complexity index is 336. The van der Waals surface area contributed by atoms with E-state index >= 15 is 0 Å². The highest BCUT2D eigenvalue weighted by Crippen LogP contribution is 2.33. The molecule has 0 spiro atoms. The zero-order valence-electron chi connectivity index (χ0n) is 8.28. The number of carbonyl (C=O) groups excluding carboxylic acids is 1. The van der Waals surface area contributed by atoms with Crippen LogP contribution in [0.4, 0.5) is 0 Å². The van der Waals surface area contributed by atoms with Crippen LogP contribution in [0.3, 0.4) is 0 Å². The van der Waals surface area contributed by atoms with E-state index in [1.165, 1.54) is 6.42 Å². The number of hydrogen-bond acceptors (Lipinski definition) is 3. The Kier molecular flexibility index (Phi) is 3.41. The minimum absolute atomic E-state index is 0.00477. The lowest BCUT2D eigenvalue weighted by Crippen LogP contribution is -2.31. The molecule has 82 valence electrons. The molecule has 0 bridgehead atoms. The maximum atomic E-state index is 10.4. The van der Waals surface area contributed by atoms with Gasteiger partial charge in [0.05, 0.1) is 6.20 Å². The highest BCUT2D eigenvalue weighted by atomic mass is 79.9. The van der Waals surface area contributed by atoms with Crippen molar-refractivity contribution < 1.29 is 9.53 Å². The smallest absolute Gasteiger partial charge is 0.293 e. The molecular weight excluding hydrogens is 260 g/mol. The fraction of sp³-hybridized carbons (Fsp3) is 0.600. The van der Waals surface area contributed by atoms with Crippen LogP contribution in [0, 0.1) is 5.92 Å². The Hall–Kier alpha value is -0.840. The summed E-state index contributed by atoms with van der Waals surface area (Å²) in [7, 11) is 0. The van der Waals surface area contributed by atoms with Crippen LogP contribution in [0.5, 0.6) is 0 Å². The summed E-state index contributed by atoms with van der Waals surface area (Å²) in [6, 6.07) is 0. The lowest BCUT2D eigenvalue weighted by Gasteiger charge is -2.32. The molecule has 15 heavy (non-hydrogen) atoms. The maximum Gasteiger partial charge on any atom is 0.293 e. The second kappa shape index (κ2) is 4.79. The van der Waals surface area contributed by atoms with Crippen molar-refractivity contribution in [3.63, 3.8) is 0 Å². The van der Waals surface area contributed by atoms with Gasteiger partial charge in [0, 0.05) is 12.0 Å². The molecule has 0 aliphatic heterocycles. The first-order valence-corrected chi connectivity index (χ1v) is 5.87. The molecule has 1 heterocycles. The minimum atomic E-state index is 0.00477. The van der Waals surface area contributed by atoms with Crippen LogP contribution in [0.15, 0.2) is 10.8 Å². The summed E-state index contributed by atoms with van der Waals surface area (Å²) in [6.07, 6.45) is 6.08. The van der Waals surface area contributed by atoms with Gasteiger partial charge in [0.25, 0.3) is 6.47 Å². The lowest BCUT2D eigenvalue weighted by atomic mass is 9.79. The van der Waals surface area contributed by atoms with Gasteiger partial charge in [-0.05, 0) is 34.7 Å². The van der Waals surface area contributed by atoms with Crippen molar-refractivity contribution in [2.45, 2.75) is 31.8 Å². The van der Waals surface area contributed by atoms with Gasteiger partial charge in [-0.15, -0.1) is 0 Å². The van der Waals surface area contributed by atoms with Crippen LogP contribution in [0.2, 0.25) is 0 Å². The predicted molar refractivity (Wildman–Crippen MR) is 58.3 cm³/mol. The molecule has 1 aliphatic rings. The zero-order valence-corrected chi connectivity index (χ0v) is 9.87. The van der Waals surface area contributed by atoms with Gasteiger partial charge in [-0.3, -0.25) is 9.89 Å².